The lowest BCUT2D eigenvalue weighted by molar-refractivity contribution is 0.209. The zero-order valence-corrected chi connectivity index (χ0v) is 16.4. The van der Waals surface area contributed by atoms with Crippen molar-refractivity contribution in [1.29, 1.82) is 5.26 Å². The van der Waals surface area contributed by atoms with Crippen molar-refractivity contribution < 1.29 is 14.6 Å². The van der Waals surface area contributed by atoms with Crippen LogP contribution in [-0.2, 0) is 0 Å². The van der Waals surface area contributed by atoms with Crippen LogP contribution in [0.3, 0.4) is 0 Å². The molecule has 0 atom stereocenters. The quantitative estimate of drug-likeness (QED) is 0.518. The zero-order valence-electron chi connectivity index (χ0n) is 15.7. The molecule has 0 unspecified atom stereocenters. The number of nitriles is 1. The molecule has 4 rings (SSSR count). The monoisotopic (exact) mass is 409 g/mol. The van der Waals surface area contributed by atoms with Gasteiger partial charge in [0.1, 0.15) is 18.4 Å². The summed E-state index contributed by atoms with van der Waals surface area (Å²) in [5.41, 5.74) is 3.83. The second kappa shape index (κ2) is 8.06. The number of hydrogen-bond acceptors (Lipinski definition) is 3. The highest BCUT2D eigenvalue weighted by Crippen LogP contribution is 2.43. The van der Waals surface area contributed by atoms with Crippen LogP contribution in [0, 0.1) is 11.3 Å². The molecule has 6 nitrogen and oxygen atoms in total. The predicted octanol–water partition coefficient (Wildman–Crippen LogP) is 5.61. The minimum atomic E-state index is -1.11. The number of alkyl halides is 1. The summed E-state index contributed by atoms with van der Waals surface area (Å²) in [5, 5.41) is 22.1. The first-order chi connectivity index (χ1) is 14.1. The minimum Gasteiger partial charge on any atom is -0.492 e. The lowest BCUT2D eigenvalue weighted by Gasteiger charge is -2.30. The number of nitrogens with zero attached hydrogens (tertiary/aromatic N) is 2. The third-order valence-corrected chi connectivity index (χ3v) is 5.44. The number of aromatic nitrogens is 1. The van der Waals surface area contributed by atoms with Crippen LogP contribution in [0.2, 0.25) is 0 Å². The number of benzene rings is 2. The maximum atomic E-state index is 10.9. The van der Waals surface area contributed by atoms with Gasteiger partial charge in [-0.1, -0.05) is 12.1 Å². The Kier molecular flexibility index (Phi) is 5.32. The molecule has 2 N–H and O–H groups in total. The number of nitrogens with one attached hydrogen (secondary N) is 1. The zero-order chi connectivity index (χ0) is 20.4. The molecule has 0 saturated heterocycles. The Morgan fingerprint density at radius 1 is 1.28 bits per heavy atom. The Morgan fingerprint density at radius 3 is 2.62 bits per heavy atom. The molecule has 0 spiro atoms. The molecule has 0 bridgehead atoms. The fourth-order valence-electron chi connectivity index (χ4n) is 3.79. The van der Waals surface area contributed by atoms with E-state index in [1.54, 1.807) is 12.1 Å². The Balaban J connectivity index is 1.87. The SMILES string of the molecule is N#Cc1c(-c2ccc(NC(=O)O)cc2)n(C2CCC2)c2cc(OCCCl)ccc12. The van der Waals surface area contributed by atoms with Crippen molar-refractivity contribution in [2.24, 2.45) is 0 Å². The van der Waals surface area contributed by atoms with E-state index in [1.165, 1.54) is 0 Å². The number of anilines is 1. The first-order valence-corrected chi connectivity index (χ1v) is 10.0. The summed E-state index contributed by atoms with van der Waals surface area (Å²) in [6, 6.07) is 15.6. The van der Waals surface area contributed by atoms with Gasteiger partial charge in [-0.15, -0.1) is 11.6 Å². The van der Waals surface area contributed by atoms with Crippen LogP contribution < -0.4 is 10.1 Å². The fraction of sp³-hybridized carbons (Fsp3) is 0.273. The van der Waals surface area contributed by atoms with Crippen LogP contribution in [0.1, 0.15) is 30.9 Å². The van der Waals surface area contributed by atoms with Gasteiger partial charge in [0.2, 0.25) is 0 Å². The van der Waals surface area contributed by atoms with E-state index >= 15 is 0 Å². The third-order valence-electron chi connectivity index (χ3n) is 5.28. The average molecular weight is 410 g/mol. The summed E-state index contributed by atoms with van der Waals surface area (Å²) in [4.78, 5) is 10.9. The van der Waals surface area contributed by atoms with Crippen LogP contribution in [-0.4, -0.2) is 28.3 Å². The molecule has 1 heterocycles. The molecule has 1 amide bonds. The number of halogens is 1. The molecule has 2 aromatic carbocycles. The summed E-state index contributed by atoms with van der Waals surface area (Å²) < 4.78 is 7.94. The Morgan fingerprint density at radius 2 is 2.03 bits per heavy atom. The first-order valence-electron chi connectivity index (χ1n) is 9.49. The molecule has 1 aliphatic carbocycles. The van der Waals surface area contributed by atoms with E-state index in [0.717, 1.165) is 47.2 Å². The lowest BCUT2D eigenvalue weighted by Crippen LogP contribution is -2.18. The van der Waals surface area contributed by atoms with Crippen molar-refractivity contribution >= 4 is 34.3 Å². The Labute approximate surface area is 173 Å². The maximum Gasteiger partial charge on any atom is 0.409 e. The van der Waals surface area contributed by atoms with Crippen LogP contribution in [0.5, 0.6) is 5.75 Å². The van der Waals surface area contributed by atoms with Gasteiger partial charge in [0.05, 0.1) is 22.7 Å². The van der Waals surface area contributed by atoms with Gasteiger partial charge in [-0.3, -0.25) is 5.32 Å². The van der Waals surface area contributed by atoms with Gasteiger partial charge in [0.15, 0.2) is 0 Å². The van der Waals surface area contributed by atoms with Crippen LogP contribution in [0.4, 0.5) is 10.5 Å². The van der Waals surface area contributed by atoms with Crippen molar-refractivity contribution in [2.45, 2.75) is 25.3 Å². The van der Waals surface area contributed by atoms with Crippen molar-refractivity contribution in [2.75, 3.05) is 17.8 Å². The van der Waals surface area contributed by atoms with Gasteiger partial charge < -0.3 is 14.4 Å². The number of amides is 1. The van der Waals surface area contributed by atoms with Crippen LogP contribution in [0.25, 0.3) is 22.2 Å². The van der Waals surface area contributed by atoms with E-state index in [1.807, 2.05) is 30.3 Å². The first kappa shape index (κ1) is 19.2. The standard InChI is InChI=1S/C22H20ClN3O3/c23-10-11-29-17-8-9-18-19(13-24)21(26(20(18)12-17)16-2-1-3-16)14-4-6-15(7-5-14)25-22(27)28/h4-9,12,16,25H,1-3,10-11H2,(H,27,28). The smallest absolute Gasteiger partial charge is 0.409 e. The van der Waals surface area contributed by atoms with Gasteiger partial charge in [-0.25, -0.2) is 4.79 Å². The number of carboxylic acid groups (broad SMARTS) is 1. The molecule has 1 aromatic heterocycles. The van der Waals surface area contributed by atoms with Crippen molar-refractivity contribution in [1.82, 2.24) is 4.57 Å². The predicted molar refractivity (Wildman–Crippen MR) is 113 cm³/mol. The maximum absolute atomic E-state index is 10.9. The highest BCUT2D eigenvalue weighted by atomic mass is 35.5. The van der Waals surface area contributed by atoms with E-state index in [-0.39, 0.29) is 0 Å². The van der Waals surface area contributed by atoms with Gasteiger partial charge in [0, 0.05) is 23.2 Å². The van der Waals surface area contributed by atoms with Gasteiger partial charge >= 0.3 is 6.09 Å². The van der Waals surface area contributed by atoms with Crippen LogP contribution >= 0.6 is 11.6 Å². The van der Waals surface area contributed by atoms with Crippen molar-refractivity contribution in [3.05, 3.63) is 48.0 Å². The van der Waals surface area contributed by atoms with Crippen LogP contribution in [0.15, 0.2) is 42.5 Å². The summed E-state index contributed by atoms with van der Waals surface area (Å²) in [7, 11) is 0. The normalized spacial score (nSPS) is 13.7. The molecule has 1 fully saturated rings. The number of hydrogen-bond donors (Lipinski definition) is 2. The second-order valence-electron chi connectivity index (χ2n) is 7.01. The number of ether oxygens (including phenoxy) is 1. The van der Waals surface area contributed by atoms with E-state index in [0.29, 0.717) is 29.8 Å². The fourth-order valence-corrected chi connectivity index (χ4v) is 3.87. The van der Waals surface area contributed by atoms with E-state index in [2.05, 4.69) is 16.0 Å². The second-order valence-corrected chi connectivity index (χ2v) is 7.39. The number of carbonyl (C=O) groups is 1. The largest absolute Gasteiger partial charge is 0.492 e. The molecule has 29 heavy (non-hydrogen) atoms. The van der Waals surface area contributed by atoms with E-state index < -0.39 is 6.09 Å². The Hall–Kier alpha value is -3.17. The summed E-state index contributed by atoms with van der Waals surface area (Å²) >= 11 is 5.74. The van der Waals surface area contributed by atoms with Gasteiger partial charge in [0.25, 0.3) is 0 Å². The number of fused-ring (bicyclic) bond motifs is 1. The van der Waals surface area contributed by atoms with E-state index in [9.17, 15) is 10.1 Å². The summed E-state index contributed by atoms with van der Waals surface area (Å²) in [6.07, 6.45) is 2.18. The lowest BCUT2D eigenvalue weighted by atomic mass is 9.92. The number of rotatable bonds is 6. The van der Waals surface area contributed by atoms with Gasteiger partial charge in [-0.2, -0.15) is 5.26 Å². The summed E-state index contributed by atoms with van der Waals surface area (Å²) in [5.74, 6) is 1.14. The molecule has 3 aromatic rings. The molecule has 0 aliphatic heterocycles. The topological polar surface area (TPSA) is 87.3 Å². The Bertz CT molecular complexity index is 1100. The third kappa shape index (κ3) is 3.62. The molecule has 7 heteroatoms. The molecular weight excluding hydrogens is 390 g/mol. The van der Waals surface area contributed by atoms with E-state index in [4.69, 9.17) is 21.4 Å². The molecule has 0 radical (unpaired) electrons. The van der Waals surface area contributed by atoms with Gasteiger partial charge in [-0.05, 0) is 49.1 Å². The molecule has 148 valence electrons. The highest BCUT2D eigenvalue weighted by molar-refractivity contribution is 6.18. The minimum absolute atomic E-state index is 0.328. The molecule has 1 aliphatic rings. The molecular formula is C22H20ClN3O3. The highest BCUT2D eigenvalue weighted by Gasteiger charge is 2.28. The average Bonchev–Trinajstić information content (AvgIpc) is 2.98. The van der Waals surface area contributed by atoms with Crippen molar-refractivity contribution in [3.8, 4) is 23.1 Å². The molecule has 1 saturated carbocycles. The van der Waals surface area contributed by atoms with Crippen molar-refractivity contribution in [3.63, 3.8) is 0 Å². The summed E-state index contributed by atoms with van der Waals surface area (Å²) in [6.45, 7) is 0.424.